The minimum absolute atomic E-state index is 0.584. The average molecular weight is 224 g/mol. The average Bonchev–Trinajstić information content (AvgIpc) is 2.81. The molecule has 84 valence electrons. The van der Waals surface area contributed by atoms with E-state index in [-0.39, 0.29) is 0 Å². The molecule has 0 spiro atoms. The van der Waals surface area contributed by atoms with Gasteiger partial charge in [0.05, 0.1) is 0 Å². The van der Waals surface area contributed by atoms with Gasteiger partial charge >= 0.3 is 0 Å². The molecule has 1 aliphatic heterocycles. The molecule has 0 unspecified atom stereocenters. The maximum atomic E-state index is 3.40. The first-order valence-electron chi connectivity index (χ1n) is 5.76. The summed E-state index contributed by atoms with van der Waals surface area (Å²) in [6.45, 7) is 4.76. The Hall–Kier alpha value is -0.380. The largest absolute Gasteiger partial charge is 0.316 e. The van der Waals surface area contributed by atoms with Gasteiger partial charge in [0.15, 0.2) is 0 Å². The SMILES string of the molecule is CN[C@H]1CCCN([C@@H](C)c2cccs2)C1. The van der Waals surface area contributed by atoms with E-state index in [1.54, 1.807) is 0 Å². The zero-order chi connectivity index (χ0) is 10.7. The summed E-state index contributed by atoms with van der Waals surface area (Å²) >= 11 is 1.87. The normalized spacial score (nSPS) is 25.3. The summed E-state index contributed by atoms with van der Waals surface area (Å²) in [6.07, 6.45) is 2.64. The zero-order valence-corrected chi connectivity index (χ0v) is 10.4. The first-order chi connectivity index (χ1) is 7.31. The number of nitrogens with one attached hydrogen (secondary N) is 1. The zero-order valence-electron chi connectivity index (χ0n) is 9.57. The molecule has 1 N–H and O–H groups in total. The van der Waals surface area contributed by atoms with Gasteiger partial charge in [0.2, 0.25) is 0 Å². The second-order valence-corrected chi connectivity index (χ2v) is 5.29. The van der Waals surface area contributed by atoms with Gasteiger partial charge in [-0.15, -0.1) is 11.3 Å². The van der Waals surface area contributed by atoms with Gasteiger partial charge in [-0.1, -0.05) is 6.07 Å². The molecule has 1 saturated heterocycles. The van der Waals surface area contributed by atoms with E-state index in [1.807, 2.05) is 11.3 Å². The molecule has 2 heterocycles. The van der Waals surface area contributed by atoms with E-state index in [1.165, 1.54) is 30.8 Å². The van der Waals surface area contributed by atoms with Crippen molar-refractivity contribution in [2.75, 3.05) is 20.1 Å². The number of thiophene rings is 1. The molecule has 2 nitrogen and oxygen atoms in total. The minimum Gasteiger partial charge on any atom is -0.316 e. The van der Waals surface area contributed by atoms with E-state index in [0.29, 0.717) is 12.1 Å². The first kappa shape index (κ1) is 11.1. The van der Waals surface area contributed by atoms with Gasteiger partial charge in [0.25, 0.3) is 0 Å². The molecule has 2 rings (SSSR count). The standard InChI is InChI=1S/C12H20N2S/c1-10(12-6-4-8-15-12)14-7-3-5-11(9-14)13-2/h4,6,8,10-11,13H,3,5,7,9H2,1-2H3/t10-,11-/m0/s1. The van der Waals surface area contributed by atoms with Crippen molar-refractivity contribution >= 4 is 11.3 Å². The Morgan fingerprint density at radius 3 is 3.13 bits per heavy atom. The van der Waals surface area contributed by atoms with Crippen LogP contribution in [0.1, 0.15) is 30.7 Å². The van der Waals surface area contributed by atoms with Crippen molar-refractivity contribution in [2.45, 2.75) is 31.8 Å². The molecule has 1 fully saturated rings. The lowest BCUT2D eigenvalue weighted by Crippen LogP contribution is -2.45. The highest BCUT2D eigenvalue weighted by molar-refractivity contribution is 7.10. The van der Waals surface area contributed by atoms with Gasteiger partial charge in [-0.05, 0) is 44.8 Å². The number of nitrogens with zero attached hydrogens (tertiary/aromatic N) is 1. The number of piperidine rings is 1. The molecule has 1 aliphatic rings. The van der Waals surface area contributed by atoms with Crippen molar-refractivity contribution in [1.82, 2.24) is 10.2 Å². The molecular weight excluding hydrogens is 204 g/mol. The van der Waals surface area contributed by atoms with Crippen molar-refractivity contribution in [3.63, 3.8) is 0 Å². The molecule has 3 heteroatoms. The van der Waals surface area contributed by atoms with E-state index < -0.39 is 0 Å². The van der Waals surface area contributed by atoms with Crippen molar-refractivity contribution < 1.29 is 0 Å². The summed E-state index contributed by atoms with van der Waals surface area (Å²) < 4.78 is 0. The summed E-state index contributed by atoms with van der Waals surface area (Å²) in [5, 5.41) is 5.57. The van der Waals surface area contributed by atoms with Gasteiger partial charge in [-0.2, -0.15) is 0 Å². The Morgan fingerprint density at radius 1 is 1.60 bits per heavy atom. The van der Waals surface area contributed by atoms with Gasteiger partial charge in [0.1, 0.15) is 0 Å². The predicted molar refractivity (Wildman–Crippen MR) is 66.4 cm³/mol. The number of likely N-dealkylation sites (tertiary alicyclic amines) is 1. The molecule has 0 aromatic carbocycles. The maximum Gasteiger partial charge on any atom is 0.0413 e. The predicted octanol–water partition coefficient (Wildman–Crippen LogP) is 2.49. The van der Waals surface area contributed by atoms with Crippen LogP contribution in [0, 0.1) is 0 Å². The lowest BCUT2D eigenvalue weighted by Gasteiger charge is -2.36. The monoisotopic (exact) mass is 224 g/mol. The quantitative estimate of drug-likeness (QED) is 0.848. The van der Waals surface area contributed by atoms with E-state index in [0.717, 1.165) is 0 Å². The summed E-state index contributed by atoms with van der Waals surface area (Å²) in [6, 6.07) is 5.66. The number of hydrogen-bond acceptors (Lipinski definition) is 3. The van der Waals surface area contributed by atoms with Crippen LogP contribution in [0.2, 0.25) is 0 Å². The summed E-state index contributed by atoms with van der Waals surface area (Å²) in [7, 11) is 2.07. The van der Waals surface area contributed by atoms with Crippen LogP contribution in [-0.4, -0.2) is 31.1 Å². The summed E-state index contributed by atoms with van der Waals surface area (Å²) in [5.41, 5.74) is 0. The second kappa shape index (κ2) is 5.10. The topological polar surface area (TPSA) is 15.3 Å². The Balaban J connectivity index is 1.98. The molecule has 1 aromatic rings. The Bertz CT molecular complexity index is 284. The van der Waals surface area contributed by atoms with Crippen LogP contribution in [0.3, 0.4) is 0 Å². The smallest absolute Gasteiger partial charge is 0.0413 e. The fourth-order valence-electron chi connectivity index (χ4n) is 2.30. The Labute approximate surface area is 96.3 Å². The third-order valence-corrected chi connectivity index (χ3v) is 4.41. The molecule has 2 atom stereocenters. The molecule has 0 amide bonds. The highest BCUT2D eigenvalue weighted by atomic mass is 32.1. The van der Waals surface area contributed by atoms with Crippen LogP contribution in [0.5, 0.6) is 0 Å². The Morgan fingerprint density at radius 2 is 2.47 bits per heavy atom. The molecule has 1 aromatic heterocycles. The minimum atomic E-state index is 0.584. The highest BCUT2D eigenvalue weighted by Gasteiger charge is 2.23. The number of rotatable bonds is 3. The lowest BCUT2D eigenvalue weighted by molar-refractivity contribution is 0.151. The third-order valence-electron chi connectivity index (χ3n) is 3.36. The second-order valence-electron chi connectivity index (χ2n) is 4.31. The number of likely N-dealkylation sites (N-methyl/N-ethyl adjacent to an activating group) is 1. The van der Waals surface area contributed by atoms with Gasteiger partial charge in [0, 0.05) is 23.5 Å². The molecule has 0 radical (unpaired) electrons. The fourth-order valence-corrected chi connectivity index (χ4v) is 3.12. The van der Waals surface area contributed by atoms with Crippen molar-refractivity contribution in [1.29, 1.82) is 0 Å². The van der Waals surface area contributed by atoms with Crippen LogP contribution in [-0.2, 0) is 0 Å². The van der Waals surface area contributed by atoms with Gasteiger partial charge < -0.3 is 5.32 Å². The van der Waals surface area contributed by atoms with Crippen molar-refractivity contribution in [3.8, 4) is 0 Å². The van der Waals surface area contributed by atoms with E-state index >= 15 is 0 Å². The van der Waals surface area contributed by atoms with Crippen LogP contribution in [0.15, 0.2) is 17.5 Å². The maximum absolute atomic E-state index is 3.40. The molecule has 0 bridgehead atoms. The van der Waals surface area contributed by atoms with E-state index in [4.69, 9.17) is 0 Å². The molecular formula is C12H20N2S. The third kappa shape index (κ3) is 2.60. The first-order valence-corrected chi connectivity index (χ1v) is 6.64. The van der Waals surface area contributed by atoms with Gasteiger partial charge in [-0.25, -0.2) is 0 Å². The van der Waals surface area contributed by atoms with Crippen molar-refractivity contribution in [2.24, 2.45) is 0 Å². The molecule has 0 saturated carbocycles. The van der Waals surface area contributed by atoms with Crippen LogP contribution < -0.4 is 5.32 Å². The Kier molecular flexibility index (Phi) is 3.78. The van der Waals surface area contributed by atoms with Crippen LogP contribution >= 0.6 is 11.3 Å². The highest BCUT2D eigenvalue weighted by Crippen LogP contribution is 2.27. The van der Waals surface area contributed by atoms with Crippen molar-refractivity contribution in [3.05, 3.63) is 22.4 Å². The summed E-state index contributed by atoms with van der Waals surface area (Å²) in [4.78, 5) is 4.09. The molecule has 15 heavy (non-hydrogen) atoms. The van der Waals surface area contributed by atoms with Gasteiger partial charge in [-0.3, -0.25) is 4.90 Å². The summed E-state index contributed by atoms with van der Waals surface area (Å²) in [5.74, 6) is 0. The fraction of sp³-hybridized carbons (Fsp3) is 0.667. The van der Waals surface area contributed by atoms with Crippen LogP contribution in [0.25, 0.3) is 0 Å². The number of hydrogen-bond donors (Lipinski definition) is 1. The van der Waals surface area contributed by atoms with E-state index in [2.05, 4.69) is 41.7 Å². The van der Waals surface area contributed by atoms with E-state index in [9.17, 15) is 0 Å². The molecule has 0 aliphatic carbocycles. The lowest BCUT2D eigenvalue weighted by atomic mass is 10.0. The van der Waals surface area contributed by atoms with Crippen LogP contribution in [0.4, 0.5) is 0 Å².